The Balaban J connectivity index is 2.21. The van der Waals surface area contributed by atoms with Crippen molar-refractivity contribution in [2.24, 2.45) is 5.92 Å². The topological polar surface area (TPSA) is 66.8 Å². The van der Waals surface area contributed by atoms with Crippen molar-refractivity contribution in [3.8, 4) is 0 Å². The van der Waals surface area contributed by atoms with E-state index in [1.165, 1.54) is 0 Å². The minimum absolute atomic E-state index is 0.135. The molecule has 0 aromatic heterocycles. The van der Waals surface area contributed by atoms with Gasteiger partial charge in [0.15, 0.2) is 0 Å². The Kier molecular flexibility index (Phi) is 5.29. The van der Waals surface area contributed by atoms with Crippen LogP contribution >= 0.6 is 12.6 Å². The van der Waals surface area contributed by atoms with Crippen LogP contribution in [0.15, 0.2) is 0 Å². The van der Waals surface area contributed by atoms with Gasteiger partial charge in [0.1, 0.15) is 12.6 Å². The average Bonchev–Trinajstić information content (AvgIpc) is 2.85. The number of rotatable bonds is 3. The number of imide groups is 1. The van der Waals surface area contributed by atoms with Crippen LogP contribution in [-0.4, -0.2) is 77.2 Å². The molecule has 0 aromatic rings. The lowest BCUT2D eigenvalue weighted by atomic mass is 10.1. The Morgan fingerprint density at radius 1 is 1.43 bits per heavy atom. The highest BCUT2D eigenvalue weighted by atomic mass is 32.1. The van der Waals surface area contributed by atoms with Gasteiger partial charge in [0.2, 0.25) is 0 Å². The number of likely N-dealkylation sites (tertiary alicyclic amines) is 1. The zero-order valence-corrected chi connectivity index (χ0v) is 13.6. The third kappa shape index (κ3) is 2.97. The first-order valence-electron chi connectivity index (χ1n) is 7.51. The summed E-state index contributed by atoms with van der Waals surface area (Å²) in [6.07, 6.45) is -0.297. The number of hydrogen-bond donors (Lipinski definition) is 2. The van der Waals surface area contributed by atoms with Crippen molar-refractivity contribution < 1.29 is 23.9 Å². The van der Waals surface area contributed by atoms with Gasteiger partial charge in [-0.1, -0.05) is 0 Å². The number of quaternary nitrogens is 1. The highest BCUT2D eigenvalue weighted by Crippen LogP contribution is 2.33. The summed E-state index contributed by atoms with van der Waals surface area (Å²) in [7, 11) is 0. The summed E-state index contributed by atoms with van der Waals surface area (Å²) in [4.78, 5) is 26.9. The molecule has 0 radical (unpaired) electrons. The number of morpholine rings is 1. The molecule has 6 nitrogen and oxygen atoms in total. The molecule has 0 aliphatic carbocycles. The Hall–Kier alpha value is -0.630. The van der Waals surface area contributed by atoms with E-state index in [-0.39, 0.29) is 23.9 Å². The van der Waals surface area contributed by atoms with Crippen molar-refractivity contribution in [2.45, 2.75) is 32.4 Å². The zero-order valence-electron chi connectivity index (χ0n) is 12.7. The first-order chi connectivity index (χ1) is 9.93. The molecule has 120 valence electrons. The van der Waals surface area contributed by atoms with Gasteiger partial charge in [-0.25, -0.2) is 4.79 Å². The smallest absolute Gasteiger partial charge is 0.435 e. The van der Waals surface area contributed by atoms with Crippen molar-refractivity contribution in [3.05, 3.63) is 0 Å². The second kappa shape index (κ2) is 6.64. The van der Waals surface area contributed by atoms with Crippen LogP contribution in [0.2, 0.25) is 0 Å². The zero-order chi connectivity index (χ0) is 15.6. The van der Waals surface area contributed by atoms with Crippen LogP contribution in [0.1, 0.15) is 20.3 Å². The van der Waals surface area contributed by atoms with Crippen LogP contribution in [0.25, 0.3) is 0 Å². The lowest BCUT2D eigenvalue weighted by Crippen LogP contribution is -2.61. The summed E-state index contributed by atoms with van der Waals surface area (Å²) in [6, 6.07) is -0.0683. The molecule has 0 aromatic carbocycles. The number of amides is 2. The van der Waals surface area contributed by atoms with Crippen molar-refractivity contribution in [2.75, 3.05) is 38.6 Å². The number of ether oxygens (including phenoxy) is 1. The molecule has 0 spiro atoms. The van der Waals surface area contributed by atoms with Crippen LogP contribution < -0.4 is 0 Å². The molecule has 1 unspecified atom stereocenters. The Labute approximate surface area is 131 Å². The second-order valence-electron chi connectivity index (χ2n) is 6.14. The molecule has 1 N–H and O–H groups in total. The highest BCUT2D eigenvalue weighted by Gasteiger charge is 2.58. The van der Waals surface area contributed by atoms with Crippen molar-refractivity contribution in [1.29, 1.82) is 0 Å². The molecule has 2 aliphatic rings. The first kappa shape index (κ1) is 16.7. The van der Waals surface area contributed by atoms with Gasteiger partial charge in [0, 0.05) is 25.3 Å². The number of carbonyl (C=O) groups excluding carboxylic acids is 1. The SMILES string of the molecule is CC(CS)C(=O)[N@+]1(C(=O)O)C[C@@H](N2CCOCC2)C[C@H]1C. The fraction of sp³-hybridized carbons (Fsp3) is 0.857. The van der Waals surface area contributed by atoms with Gasteiger partial charge in [-0.2, -0.15) is 21.9 Å². The van der Waals surface area contributed by atoms with Crippen LogP contribution in [0.4, 0.5) is 4.79 Å². The second-order valence-corrected chi connectivity index (χ2v) is 6.51. The van der Waals surface area contributed by atoms with Crippen LogP contribution in [0.5, 0.6) is 0 Å². The molecule has 21 heavy (non-hydrogen) atoms. The molecule has 2 rings (SSSR count). The number of carbonyl (C=O) groups is 2. The van der Waals surface area contributed by atoms with E-state index in [1.807, 2.05) is 6.92 Å². The van der Waals surface area contributed by atoms with E-state index in [0.717, 1.165) is 19.5 Å². The summed E-state index contributed by atoms with van der Waals surface area (Å²) in [6.45, 7) is 6.97. The molecule has 0 bridgehead atoms. The van der Waals surface area contributed by atoms with E-state index in [9.17, 15) is 14.7 Å². The maximum absolute atomic E-state index is 12.7. The van der Waals surface area contributed by atoms with Gasteiger partial charge in [0.25, 0.3) is 0 Å². The van der Waals surface area contributed by atoms with Gasteiger partial charge in [-0.3, -0.25) is 4.90 Å². The van der Waals surface area contributed by atoms with E-state index in [2.05, 4.69) is 17.5 Å². The summed E-state index contributed by atoms with van der Waals surface area (Å²) in [5.74, 6) is -0.197. The van der Waals surface area contributed by atoms with E-state index in [4.69, 9.17) is 4.74 Å². The first-order valence-corrected chi connectivity index (χ1v) is 8.15. The van der Waals surface area contributed by atoms with Crippen molar-refractivity contribution in [3.63, 3.8) is 0 Å². The molecular formula is C14H25N2O4S+. The van der Waals surface area contributed by atoms with E-state index in [1.54, 1.807) is 6.92 Å². The predicted molar refractivity (Wildman–Crippen MR) is 81.4 cm³/mol. The molecule has 7 heteroatoms. The predicted octanol–water partition coefficient (Wildman–Crippen LogP) is 1.07. The summed E-state index contributed by atoms with van der Waals surface area (Å²) >= 11 is 4.16. The van der Waals surface area contributed by atoms with Crippen LogP contribution in [0, 0.1) is 5.92 Å². The van der Waals surface area contributed by atoms with Crippen LogP contribution in [-0.2, 0) is 9.53 Å². The molecule has 2 aliphatic heterocycles. The maximum Gasteiger partial charge on any atom is 0.521 e. The molecular weight excluding hydrogens is 292 g/mol. The van der Waals surface area contributed by atoms with Gasteiger partial charge in [-0.05, 0) is 13.8 Å². The lowest BCUT2D eigenvalue weighted by molar-refractivity contribution is -0.794. The lowest BCUT2D eigenvalue weighted by Gasteiger charge is -2.33. The Morgan fingerprint density at radius 2 is 2.05 bits per heavy atom. The fourth-order valence-electron chi connectivity index (χ4n) is 3.51. The monoisotopic (exact) mass is 317 g/mol. The van der Waals surface area contributed by atoms with E-state index in [0.29, 0.717) is 25.5 Å². The molecule has 2 saturated heterocycles. The summed E-state index contributed by atoms with van der Waals surface area (Å²) in [5, 5.41) is 9.75. The minimum atomic E-state index is -1.03. The Morgan fingerprint density at radius 3 is 2.57 bits per heavy atom. The average molecular weight is 317 g/mol. The van der Waals surface area contributed by atoms with Crippen molar-refractivity contribution in [1.82, 2.24) is 4.90 Å². The molecule has 2 amide bonds. The number of thiol groups is 1. The molecule has 0 saturated carbocycles. The maximum atomic E-state index is 12.7. The normalized spacial score (nSPS) is 35.6. The highest BCUT2D eigenvalue weighted by molar-refractivity contribution is 7.80. The minimum Gasteiger partial charge on any atom is -0.435 e. The molecule has 2 heterocycles. The fourth-order valence-corrected chi connectivity index (χ4v) is 3.66. The van der Waals surface area contributed by atoms with Gasteiger partial charge < -0.3 is 9.84 Å². The Bertz CT molecular complexity index is 414. The number of carboxylic acid groups (broad SMARTS) is 1. The van der Waals surface area contributed by atoms with Crippen LogP contribution in [0.3, 0.4) is 0 Å². The summed E-state index contributed by atoms with van der Waals surface area (Å²) in [5.41, 5.74) is 0. The molecule has 4 atom stereocenters. The third-order valence-electron chi connectivity index (χ3n) is 4.86. The van der Waals surface area contributed by atoms with E-state index >= 15 is 0 Å². The molecule has 2 fully saturated rings. The summed E-state index contributed by atoms with van der Waals surface area (Å²) < 4.78 is 4.89. The van der Waals surface area contributed by atoms with Gasteiger partial charge >= 0.3 is 12.0 Å². The van der Waals surface area contributed by atoms with Gasteiger partial charge in [0.05, 0.1) is 25.2 Å². The standard InChI is InChI=1S/C14H24N2O4S/c1-10(9-21)13(17)16(14(18)19)8-12(7-11(16)2)15-3-5-20-6-4-15/h10-12H,3-9H2,1-2H3,(H-,18,19,21)/p+1/t10?,11-,12+,16+/m1/s1. The third-order valence-corrected chi connectivity index (χ3v) is 5.40. The number of nitrogens with zero attached hydrogens (tertiary/aromatic N) is 2. The quantitative estimate of drug-likeness (QED) is 0.602. The van der Waals surface area contributed by atoms with Crippen molar-refractivity contribution >= 4 is 24.6 Å². The largest absolute Gasteiger partial charge is 0.521 e. The van der Waals surface area contributed by atoms with E-state index < -0.39 is 10.6 Å². The van der Waals surface area contributed by atoms with Gasteiger partial charge in [-0.15, -0.1) is 0 Å². The number of hydrogen-bond acceptors (Lipinski definition) is 5.